The molecular formula is C26H29ClN4O3S. The van der Waals surface area contributed by atoms with Crippen LogP contribution in [0.15, 0.2) is 53.4 Å². The molecule has 2 aromatic carbocycles. The quantitative estimate of drug-likeness (QED) is 0.529. The second-order valence-electron chi connectivity index (χ2n) is 9.37. The molecule has 0 aliphatic carbocycles. The SMILES string of the molecule is Cc1ccc(NC(=O)[C@H]2CCCN(c3ccc4cc(S(=O)(=O)N5CCCC5)ccc4n3)C2)cc1Cl. The molecule has 1 aromatic heterocycles. The minimum atomic E-state index is -3.47. The van der Waals surface area contributed by atoms with Gasteiger partial charge in [0, 0.05) is 42.3 Å². The number of benzene rings is 2. The number of sulfonamides is 1. The molecule has 3 aromatic rings. The first-order chi connectivity index (χ1) is 16.8. The summed E-state index contributed by atoms with van der Waals surface area (Å²) < 4.78 is 27.4. The van der Waals surface area contributed by atoms with Gasteiger partial charge in [0.2, 0.25) is 15.9 Å². The molecule has 0 bridgehead atoms. The minimum Gasteiger partial charge on any atom is -0.356 e. The lowest BCUT2D eigenvalue weighted by molar-refractivity contribution is -0.120. The molecule has 2 fully saturated rings. The lowest BCUT2D eigenvalue weighted by Crippen LogP contribution is -2.41. The van der Waals surface area contributed by atoms with Crippen molar-refractivity contribution in [2.75, 3.05) is 36.4 Å². The number of hydrogen-bond acceptors (Lipinski definition) is 5. The van der Waals surface area contributed by atoms with Crippen LogP contribution >= 0.6 is 11.6 Å². The Kier molecular flexibility index (Phi) is 6.70. The second-order valence-corrected chi connectivity index (χ2v) is 11.7. The number of fused-ring (bicyclic) bond motifs is 1. The van der Waals surface area contributed by atoms with Crippen molar-refractivity contribution in [2.24, 2.45) is 5.92 Å². The topological polar surface area (TPSA) is 82.6 Å². The van der Waals surface area contributed by atoms with Crippen molar-refractivity contribution in [1.29, 1.82) is 0 Å². The van der Waals surface area contributed by atoms with Crippen molar-refractivity contribution in [2.45, 2.75) is 37.5 Å². The van der Waals surface area contributed by atoms with Gasteiger partial charge >= 0.3 is 0 Å². The first-order valence-electron chi connectivity index (χ1n) is 12.0. The monoisotopic (exact) mass is 512 g/mol. The van der Waals surface area contributed by atoms with Crippen LogP contribution in [0.4, 0.5) is 11.5 Å². The molecule has 5 rings (SSSR count). The predicted molar refractivity (Wildman–Crippen MR) is 139 cm³/mol. The molecule has 2 saturated heterocycles. The van der Waals surface area contributed by atoms with Crippen molar-refractivity contribution < 1.29 is 13.2 Å². The van der Waals surface area contributed by atoms with E-state index in [-0.39, 0.29) is 11.8 Å². The van der Waals surface area contributed by atoms with E-state index in [9.17, 15) is 13.2 Å². The third-order valence-corrected chi connectivity index (χ3v) is 9.21. The van der Waals surface area contributed by atoms with Crippen molar-refractivity contribution in [3.8, 4) is 0 Å². The largest absolute Gasteiger partial charge is 0.356 e. The molecule has 184 valence electrons. The van der Waals surface area contributed by atoms with Crippen LogP contribution in [0.25, 0.3) is 10.9 Å². The van der Waals surface area contributed by atoms with E-state index >= 15 is 0 Å². The van der Waals surface area contributed by atoms with Crippen molar-refractivity contribution >= 4 is 49.9 Å². The Morgan fingerprint density at radius 2 is 1.83 bits per heavy atom. The minimum absolute atomic E-state index is 0.0211. The average Bonchev–Trinajstić information content (AvgIpc) is 3.42. The van der Waals surface area contributed by atoms with Gasteiger partial charge in [-0.1, -0.05) is 17.7 Å². The molecule has 1 amide bonds. The van der Waals surface area contributed by atoms with Crippen LogP contribution in [0.5, 0.6) is 0 Å². The molecule has 0 unspecified atom stereocenters. The molecule has 0 saturated carbocycles. The summed E-state index contributed by atoms with van der Waals surface area (Å²) in [4.78, 5) is 20.2. The summed E-state index contributed by atoms with van der Waals surface area (Å²) in [6.45, 7) is 4.48. The van der Waals surface area contributed by atoms with E-state index in [0.717, 1.165) is 54.5 Å². The Morgan fingerprint density at radius 3 is 2.60 bits per heavy atom. The summed E-state index contributed by atoms with van der Waals surface area (Å²) in [6, 6.07) is 14.5. The lowest BCUT2D eigenvalue weighted by Gasteiger charge is -2.33. The maximum Gasteiger partial charge on any atom is 0.243 e. The van der Waals surface area contributed by atoms with Crippen LogP contribution < -0.4 is 10.2 Å². The van der Waals surface area contributed by atoms with Crippen LogP contribution in [0, 0.1) is 12.8 Å². The molecule has 2 aliphatic rings. The number of carbonyl (C=O) groups is 1. The van der Waals surface area contributed by atoms with Gasteiger partial charge in [0.15, 0.2) is 0 Å². The number of carbonyl (C=O) groups excluding carboxylic acids is 1. The molecule has 1 atom stereocenters. The molecule has 1 N–H and O–H groups in total. The molecule has 7 nitrogen and oxygen atoms in total. The van der Waals surface area contributed by atoms with Gasteiger partial charge in [-0.2, -0.15) is 4.31 Å². The molecule has 0 spiro atoms. The standard InChI is InChI=1S/C26H29ClN4O3S/c1-18-6-8-21(16-23(18)27)28-26(32)20-5-4-12-30(17-20)25-11-7-19-15-22(9-10-24(19)29-25)35(33,34)31-13-2-3-14-31/h6-11,15-16,20H,2-5,12-14,17H2,1H3,(H,28,32)/t20-/m0/s1. The first-order valence-corrected chi connectivity index (χ1v) is 13.9. The summed E-state index contributed by atoms with van der Waals surface area (Å²) >= 11 is 6.20. The number of rotatable bonds is 5. The Bertz CT molecular complexity index is 1370. The second kappa shape index (κ2) is 9.76. The fourth-order valence-corrected chi connectivity index (χ4v) is 6.55. The third-order valence-electron chi connectivity index (χ3n) is 6.90. The zero-order chi connectivity index (χ0) is 24.6. The van der Waals surface area contributed by atoms with Crippen molar-refractivity contribution in [1.82, 2.24) is 9.29 Å². The summed E-state index contributed by atoms with van der Waals surface area (Å²) in [5.41, 5.74) is 2.41. The maximum atomic E-state index is 12.9. The summed E-state index contributed by atoms with van der Waals surface area (Å²) in [7, 11) is -3.47. The van der Waals surface area contributed by atoms with E-state index in [1.165, 1.54) is 0 Å². The zero-order valence-corrected chi connectivity index (χ0v) is 21.3. The van der Waals surface area contributed by atoms with Gasteiger partial charge in [0.05, 0.1) is 16.3 Å². The van der Waals surface area contributed by atoms with Gasteiger partial charge in [0.25, 0.3) is 0 Å². The van der Waals surface area contributed by atoms with Gasteiger partial charge in [0.1, 0.15) is 5.82 Å². The number of piperidine rings is 1. The third kappa shape index (κ3) is 5.01. The van der Waals surface area contributed by atoms with Crippen molar-refractivity contribution in [3.63, 3.8) is 0 Å². The molecule has 9 heteroatoms. The number of amides is 1. The van der Waals surface area contributed by atoms with Gasteiger partial charge < -0.3 is 10.2 Å². The number of nitrogens with one attached hydrogen (secondary N) is 1. The fraction of sp³-hybridized carbons (Fsp3) is 0.385. The summed E-state index contributed by atoms with van der Waals surface area (Å²) in [5.74, 6) is 0.616. The lowest BCUT2D eigenvalue weighted by atomic mass is 9.97. The number of nitrogens with zero attached hydrogens (tertiary/aromatic N) is 3. The van der Waals surface area contributed by atoms with E-state index in [0.29, 0.717) is 35.2 Å². The Balaban J connectivity index is 1.31. The highest BCUT2D eigenvalue weighted by Crippen LogP contribution is 2.28. The number of aromatic nitrogens is 1. The van der Waals surface area contributed by atoms with Gasteiger partial charge in [-0.15, -0.1) is 0 Å². The number of aryl methyl sites for hydroxylation is 1. The summed E-state index contributed by atoms with van der Waals surface area (Å²) in [6.07, 6.45) is 3.52. The highest BCUT2D eigenvalue weighted by atomic mass is 35.5. The van der Waals surface area contributed by atoms with Crippen LogP contribution in [0.2, 0.25) is 5.02 Å². The van der Waals surface area contributed by atoms with Crippen molar-refractivity contribution in [3.05, 3.63) is 59.1 Å². The Labute approximate surface area is 211 Å². The number of halogens is 1. The smallest absolute Gasteiger partial charge is 0.243 e. The first kappa shape index (κ1) is 24.0. The van der Waals surface area contributed by atoms with Crippen LogP contribution in [-0.4, -0.2) is 49.8 Å². The van der Waals surface area contributed by atoms with Crippen LogP contribution in [0.3, 0.4) is 0 Å². The normalized spacial score (nSPS) is 19.3. The van der Waals surface area contributed by atoms with E-state index in [1.54, 1.807) is 28.6 Å². The molecule has 35 heavy (non-hydrogen) atoms. The van der Waals surface area contributed by atoms with Gasteiger partial charge in [-0.3, -0.25) is 4.79 Å². The van der Waals surface area contributed by atoms with E-state index in [1.807, 2.05) is 31.2 Å². The number of hydrogen-bond donors (Lipinski definition) is 1. The van der Waals surface area contributed by atoms with Gasteiger partial charge in [-0.25, -0.2) is 13.4 Å². The average molecular weight is 513 g/mol. The number of anilines is 2. The fourth-order valence-electron chi connectivity index (χ4n) is 4.82. The molecule has 0 radical (unpaired) electrons. The van der Waals surface area contributed by atoms with E-state index < -0.39 is 10.0 Å². The zero-order valence-electron chi connectivity index (χ0n) is 19.7. The highest BCUT2D eigenvalue weighted by Gasteiger charge is 2.28. The van der Waals surface area contributed by atoms with Crippen LogP contribution in [0.1, 0.15) is 31.2 Å². The van der Waals surface area contributed by atoms with Gasteiger partial charge in [-0.05, 0) is 80.6 Å². The number of pyridine rings is 1. The molecule has 2 aliphatic heterocycles. The molecular weight excluding hydrogens is 484 g/mol. The highest BCUT2D eigenvalue weighted by molar-refractivity contribution is 7.89. The van der Waals surface area contributed by atoms with E-state index in [2.05, 4.69) is 10.2 Å². The Hall–Kier alpha value is -2.68. The van der Waals surface area contributed by atoms with E-state index in [4.69, 9.17) is 16.6 Å². The Morgan fingerprint density at radius 1 is 1.03 bits per heavy atom. The van der Waals surface area contributed by atoms with Crippen LogP contribution in [-0.2, 0) is 14.8 Å². The molecule has 3 heterocycles. The predicted octanol–water partition coefficient (Wildman–Crippen LogP) is 4.84. The maximum absolute atomic E-state index is 12.9. The summed E-state index contributed by atoms with van der Waals surface area (Å²) in [5, 5.41) is 4.41.